The smallest absolute Gasteiger partial charge is 0.317 e. The second-order valence-electron chi connectivity index (χ2n) is 5.60. The highest BCUT2D eigenvalue weighted by molar-refractivity contribution is 5.79. The van der Waals surface area contributed by atoms with Gasteiger partial charge in [-0.1, -0.05) is 0 Å². The average molecular weight is 346 g/mol. The third-order valence-corrected chi connectivity index (χ3v) is 2.91. The highest BCUT2D eigenvalue weighted by Crippen LogP contribution is 1.95. The molecule has 0 aromatic carbocycles. The lowest BCUT2D eigenvalue weighted by Crippen LogP contribution is -2.46. The first-order valence-corrected chi connectivity index (χ1v) is 7.52. The van der Waals surface area contributed by atoms with E-state index in [1.54, 1.807) is 13.8 Å². The van der Waals surface area contributed by atoms with Gasteiger partial charge in [0.25, 0.3) is 0 Å². The van der Waals surface area contributed by atoms with Crippen molar-refractivity contribution < 1.29 is 29.4 Å². The van der Waals surface area contributed by atoms with Gasteiger partial charge in [-0.05, 0) is 13.8 Å². The van der Waals surface area contributed by atoms with E-state index < -0.39 is 11.9 Å². The van der Waals surface area contributed by atoms with Gasteiger partial charge in [-0.15, -0.1) is 0 Å². The standard InChI is InChI=1S/C14H26N4O6/c1-10(2)16-12(20)7-18(9-14(23)24)5-4-17(8-13(21)22)6-11(19)15-3/h10H,4-9H2,1-3H3,(H,15,19)(H,16,20)(H,21,22)(H,23,24). The second-order valence-corrected chi connectivity index (χ2v) is 5.60. The molecule has 0 fully saturated rings. The fourth-order valence-corrected chi connectivity index (χ4v) is 1.95. The van der Waals surface area contributed by atoms with Gasteiger partial charge >= 0.3 is 11.9 Å². The van der Waals surface area contributed by atoms with E-state index >= 15 is 0 Å². The van der Waals surface area contributed by atoms with Crippen LogP contribution in [0.5, 0.6) is 0 Å². The fourth-order valence-electron chi connectivity index (χ4n) is 1.95. The fraction of sp³-hybridized carbons (Fsp3) is 0.714. The van der Waals surface area contributed by atoms with Crippen molar-refractivity contribution in [2.45, 2.75) is 19.9 Å². The Kier molecular flexibility index (Phi) is 10.3. The molecule has 0 bridgehead atoms. The first kappa shape index (κ1) is 21.8. The van der Waals surface area contributed by atoms with Crippen LogP contribution in [0.25, 0.3) is 0 Å². The monoisotopic (exact) mass is 346 g/mol. The molecule has 0 aromatic rings. The SMILES string of the molecule is CNC(=O)CN(CCN(CC(=O)O)CC(=O)NC(C)C)CC(=O)O. The summed E-state index contributed by atoms with van der Waals surface area (Å²) in [6.45, 7) is 2.91. The summed E-state index contributed by atoms with van der Waals surface area (Å²) in [7, 11) is 1.44. The van der Waals surface area contributed by atoms with Crippen LogP contribution in [0.1, 0.15) is 13.8 Å². The number of amides is 2. The van der Waals surface area contributed by atoms with Crippen molar-refractivity contribution in [2.75, 3.05) is 46.3 Å². The van der Waals surface area contributed by atoms with Gasteiger partial charge in [0.05, 0.1) is 26.2 Å². The van der Waals surface area contributed by atoms with Crippen LogP contribution in [-0.4, -0.2) is 96.1 Å². The zero-order valence-corrected chi connectivity index (χ0v) is 14.2. The highest BCUT2D eigenvalue weighted by atomic mass is 16.4. The molecule has 0 radical (unpaired) electrons. The maximum atomic E-state index is 11.8. The van der Waals surface area contributed by atoms with Crippen molar-refractivity contribution in [3.05, 3.63) is 0 Å². The molecular formula is C14H26N4O6. The van der Waals surface area contributed by atoms with E-state index in [-0.39, 0.29) is 57.1 Å². The molecule has 0 spiro atoms. The van der Waals surface area contributed by atoms with Gasteiger partial charge in [-0.3, -0.25) is 29.0 Å². The number of likely N-dealkylation sites (N-methyl/N-ethyl adjacent to an activating group) is 1. The summed E-state index contributed by atoms with van der Waals surface area (Å²) in [5, 5.41) is 22.9. The van der Waals surface area contributed by atoms with Gasteiger partial charge in [0, 0.05) is 26.2 Å². The number of hydrogen-bond acceptors (Lipinski definition) is 6. The summed E-state index contributed by atoms with van der Waals surface area (Å²) in [4.78, 5) is 47.7. The minimum atomic E-state index is -1.10. The molecule has 0 saturated carbocycles. The van der Waals surface area contributed by atoms with Gasteiger partial charge in [0.2, 0.25) is 11.8 Å². The lowest BCUT2D eigenvalue weighted by molar-refractivity contribution is -0.141. The van der Waals surface area contributed by atoms with E-state index in [2.05, 4.69) is 10.6 Å². The highest BCUT2D eigenvalue weighted by Gasteiger charge is 2.18. The average Bonchev–Trinajstić information content (AvgIpc) is 2.42. The van der Waals surface area contributed by atoms with Gasteiger partial charge in [-0.2, -0.15) is 0 Å². The molecule has 0 aromatic heterocycles. The predicted octanol–water partition coefficient (Wildman–Crippen LogP) is -1.97. The van der Waals surface area contributed by atoms with Crippen molar-refractivity contribution >= 4 is 23.8 Å². The van der Waals surface area contributed by atoms with E-state index in [1.807, 2.05) is 0 Å². The number of nitrogens with zero attached hydrogens (tertiary/aromatic N) is 2. The number of carboxylic acids is 2. The van der Waals surface area contributed by atoms with Gasteiger partial charge in [-0.25, -0.2) is 0 Å². The van der Waals surface area contributed by atoms with Crippen LogP contribution in [0.15, 0.2) is 0 Å². The molecule has 0 aliphatic carbocycles. The van der Waals surface area contributed by atoms with Gasteiger partial charge in [0.1, 0.15) is 0 Å². The summed E-state index contributed by atoms with van der Waals surface area (Å²) >= 11 is 0. The number of carbonyl (C=O) groups excluding carboxylic acids is 2. The number of nitrogens with one attached hydrogen (secondary N) is 2. The minimum Gasteiger partial charge on any atom is -0.480 e. The van der Waals surface area contributed by atoms with Crippen molar-refractivity contribution in [1.29, 1.82) is 0 Å². The molecule has 0 unspecified atom stereocenters. The van der Waals surface area contributed by atoms with Crippen LogP contribution < -0.4 is 10.6 Å². The Morgan fingerprint density at radius 1 is 0.833 bits per heavy atom. The Morgan fingerprint density at radius 2 is 1.25 bits per heavy atom. The summed E-state index contributed by atoms with van der Waals surface area (Å²) in [6.07, 6.45) is 0. The number of carboxylic acid groups (broad SMARTS) is 2. The maximum Gasteiger partial charge on any atom is 0.317 e. The van der Waals surface area contributed by atoms with Gasteiger partial charge < -0.3 is 20.8 Å². The van der Waals surface area contributed by atoms with Crippen LogP contribution in [0.3, 0.4) is 0 Å². The quantitative estimate of drug-likeness (QED) is 0.319. The molecular weight excluding hydrogens is 320 g/mol. The molecule has 10 nitrogen and oxygen atoms in total. The van der Waals surface area contributed by atoms with Crippen LogP contribution in [0.4, 0.5) is 0 Å². The van der Waals surface area contributed by atoms with Crippen LogP contribution in [0, 0.1) is 0 Å². The minimum absolute atomic E-state index is 0.0686. The number of carbonyl (C=O) groups is 4. The summed E-state index contributed by atoms with van der Waals surface area (Å²) in [5.41, 5.74) is 0. The van der Waals surface area contributed by atoms with E-state index in [9.17, 15) is 19.2 Å². The molecule has 2 amide bonds. The predicted molar refractivity (Wildman–Crippen MR) is 85.5 cm³/mol. The van der Waals surface area contributed by atoms with Gasteiger partial charge in [0.15, 0.2) is 0 Å². The number of rotatable bonds is 12. The Balaban J connectivity index is 4.71. The Labute approximate surface area is 140 Å². The Bertz CT molecular complexity index is 455. The zero-order chi connectivity index (χ0) is 18.7. The summed E-state index contributed by atoms with van der Waals surface area (Å²) in [6, 6.07) is -0.0686. The van der Waals surface area contributed by atoms with Crippen molar-refractivity contribution in [3.8, 4) is 0 Å². The number of hydrogen-bond donors (Lipinski definition) is 4. The molecule has 0 aliphatic heterocycles. The topological polar surface area (TPSA) is 139 Å². The molecule has 0 atom stereocenters. The van der Waals surface area contributed by atoms with Crippen LogP contribution in [-0.2, 0) is 19.2 Å². The largest absolute Gasteiger partial charge is 0.480 e. The Hall–Kier alpha value is -2.20. The molecule has 24 heavy (non-hydrogen) atoms. The van der Waals surface area contributed by atoms with E-state index in [0.717, 1.165) is 0 Å². The molecule has 0 heterocycles. The Morgan fingerprint density at radius 3 is 1.58 bits per heavy atom. The van der Waals surface area contributed by atoms with E-state index in [1.165, 1.54) is 16.8 Å². The molecule has 4 N–H and O–H groups in total. The third-order valence-electron chi connectivity index (χ3n) is 2.91. The lowest BCUT2D eigenvalue weighted by atomic mass is 10.3. The third kappa shape index (κ3) is 11.4. The van der Waals surface area contributed by atoms with Crippen LogP contribution in [0.2, 0.25) is 0 Å². The summed E-state index contributed by atoms with van der Waals surface area (Å²) in [5.74, 6) is -2.86. The maximum absolute atomic E-state index is 11.8. The normalized spacial score (nSPS) is 10.9. The van der Waals surface area contributed by atoms with Crippen molar-refractivity contribution in [3.63, 3.8) is 0 Å². The van der Waals surface area contributed by atoms with Crippen molar-refractivity contribution in [2.24, 2.45) is 0 Å². The van der Waals surface area contributed by atoms with E-state index in [0.29, 0.717) is 0 Å². The lowest BCUT2D eigenvalue weighted by Gasteiger charge is -2.25. The zero-order valence-electron chi connectivity index (χ0n) is 14.2. The van der Waals surface area contributed by atoms with Crippen molar-refractivity contribution in [1.82, 2.24) is 20.4 Å². The first-order chi connectivity index (χ1) is 11.1. The molecule has 10 heteroatoms. The molecule has 0 rings (SSSR count). The second kappa shape index (κ2) is 11.4. The molecule has 0 saturated heterocycles. The summed E-state index contributed by atoms with van der Waals surface area (Å²) < 4.78 is 0. The molecule has 138 valence electrons. The molecule has 0 aliphatic rings. The van der Waals surface area contributed by atoms with E-state index in [4.69, 9.17) is 10.2 Å². The first-order valence-electron chi connectivity index (χ1n) is 7.52. The van der Waals surface area contributed by atoms with Crippen LogP contribution >= 0.6 is 0 Å². The number of aliphatic carboxylic acids is 2.